The van der Waals surface area contributed by atoms with Crippen LogP contribution in [0.5, 0.6) is 11.5 Å². The number of ether oxygens (including phenoxy) is 3. The summed E-state index contributed by atoms with van der Waals surface area (Å²) in [5, 5.41) is 2.66. The quantitative estimate of drug-likeness (QED) is 0.445. The first-order chi connectivity index (χ1) is 16.2. The van der Waals surface area contributed by atoms with Crippen molar-refractivity contribution in [1.82, 2.24) is 0 Å². The molecular formula is C24H24N2O7S. The predicted octanol–water partition coefficient (Wildman–Crippen LogP) is 3.61. The Kier molecular flexibility index (Phi) is 7.75. The third-order valence-electron chi connectivity index (χ3n) is 4.75. The van der Waals surface area contributed by atoms with Gasteiger partial charge in [-0.1, -0.05) is 0 Å². The Labute approximate surface area is 197 Å². The van der Waals surface area contributed by atoms with E-state index in [2.05, 4.69) is 14.8 Å². The Bertz CT molecular complexity index is 1270. The monoisotopic (exact) mass is 484 g/mol. The third-order valence-corrected chi connectivity index (χ3v) is 6.13. The van der Waals surface area contributed by atoms with E-state index < -0.39 is 21.9 Å². The topological polar surface area (TPSA) is 120 Å². The fraction of sp³-hybridized carbons (Fsp3) is 0.167. The van der Waals surface area contributed by atoms with Crippen molar-refractivity contribution in [2.24, 2.45) is 0 Å². The third kappa shape index (κ3) is 6.26. The zero-order chi connectivity index (χ0) is 24.7. The Balaban J connectivity index is 1.59. The smallest absolute Gasteiger partial charge is 0.337 e. The van der Waals surface area contributed by atoms with Crippen molar-refractivity contribution in [1.29, 1.82) is 0 Å². The summed E-state index contributed by atoms with van der Waals surface area (Å²) in [7, 11) is -0.999. The number of carbonyl (C=O) groups is 2. The lowest BCUT2D eigenvalue weighted by atomic mass is 10.2. The van der Waals surface area contributed by atoms with E-state index in [4.69, 9.17) is 9.47 Å². The fourth-order valence-electron chi connectivity index (χ4n) is 2.97. The van der Waals surface area contributed by atoms with E-state index in [1.54, 1.807) is 43.3 Å². The van der Waals surface area contributed by atoms with Gasteiger partial charge in [0.15, 0.2) is 6.61 Å². The van der Waals surface area contributed by atoms with Crippen LogP contribution < -0.4 is 19.5 Å². The normalized spacial score (nSPS) is 10.8. The molecule has 0 radical (unpaired) electrons. The minimum absolute atomic E-state index is 0.0586. The molecule has 3 aromatic rings. The Morgan fingerprint density at radius 3 is 2.12 bits per heavy atom. The molecule has 0 saturated heterocycles. The average molecular weight is 485 g/mol. The standard InChI is InChI=1S/C24H24N2O7S/c1-16-14-21(34(29,30)26-19-8-10-20(31-2)11-9-19)12-13-22(16)33-15-23(27)25-18-6-4-17(5-7-18)24(28)32-3/h4-14,26H,15H2,1-3H3,(H,25,27). The number of aryl methyl sites for hydroxylation is 1. The summed E-state index contributed by atoms with van der Waals surface area (Å²) < 4.78 is 43.1. The van der Waals surface area contributed by atoms with Crippen LogP contribution in [0, 0.1) is 6.92 Å². The summed E-state index contributed by atoms with van der Waals surface area (Å²) in [5.74, 6) is 0.103. The summed E-state index contributed by atoms with van der Waals surface area (Å²) in [6.07, 6.45) is 0. The maximum absolute atomic E-state index is 12.7. The molecule has 3 aromatic carbocycles. The summed E-state index contributed by atoms with van der Waals surface area (Å²) in [6, 6.07) is 17.1. The van der Waals surface area contributed by atoms with Crippen LogP contribution >= 0.6 is 0 Å². The van der Waals surface area contributed by atoms with Crippen LogP contribution in [0.1, 0.15) is 15.9 Å². The summed E-state index contributed by atoms with van der Waals surface area (Å²) in [5.41, 5.74) is 1.80. The fourth-order valence-corrected chi connectivity index (χ4v) is 4.12. The summed E-state index contributed by atoms with van der Waals surface area (Å²) in [4.78, 5) is 23.7. The van der Waals surface area contributed by atoms with E-state index in [1.165, 1.54) is 44.6 Å². The number of rotatable bonds is 9. The number of amides is 1. The minimum Gasteiger partial charge on any atom is -0.497 e. The lowest BCUT2D eigenvalue weighted by Gasteiger charge is -2.13. The van der Waals surface area contributed by atoms with Crippen LogP contribution in [0.4, 0.5) is 11.4 Å². The predicted molar refractivity (Wildman–Crippen MR) is 127 cm³/mol. The van der Waals surface area contributed by atoms with Gasteiger partial charge in [0.2, 0.25) is 0 Å². The molecule has 2 N–H and O–H groups in total. The van der Waals surface area contributed by atoms with Crippen LogP contribution in [0.3, 0.4) is 0 Å². The van der Waals surface area contributed by atoms with Crippen molar-refractivity contribution in [2.45, 2.75) is 11.8 Å². The van der Waals surface area contributed by atoms with Crippen molar-refractivity contribution in [3.63, 3.8) is 0 Å². The molecule has 0 unspecified atom stereocenters. The van der Waals surface area contributed by atoms with Gasteiger partial charge < -0.3 is 19.5 Å². The van der Waals surface area contributed by atoms with E-state index >= 15 is 0 Å². The zero-order valence-corrected chi connectivity index (χ0v) is 19.6. The number of sulfonamides is 1. The van der Waals surface area contributed by atoms with E-state index in [0.717, 1.165) is 0 Å². The van der Waals surface area contributed by atoms with Gasteiger partial charge in [0.05, 0.1) is 24.7 Å². The van der Waals surface area contributed by atoms with Gasteiger partial charge >= 0.3 is 5.97 Å². The van der Waals surface area contributed by atoms with Crippen molar-refractivity contribution < 1.29 is 32.2 Å². The van der Waals surface area contributed by atoms with E-state index in [9.17, 15) is 18.0 Å². The van der Waals surface area contributed by atoms with Crippen molar-refractivity contribution in [2.75, 3.05) is 30.9 Å². The van der Waals surface area contributed by atoms with Crippen molar-refractivity contribution >= 4 is 33.3 Å². The second kappa shape index (κ2) is 10.7. The lowest BCUT2D eigenvalue weighted by Crippen LogP contribution is -2.20. The minimum atomic E-state index is -3.81. The number of benzene rings is 3. The molecule has 0 fully saturated rings. The van der Waals surface area contributed by atoms with Crippen LogP contribution in [0.25, 0.3) is 0 Å². The van der Waals surface area contributed by atoms with Crippen molar-refractivity contribution in [3.05, 3.63) is 77.9 Å². The van der Waals surface area contributed by atoms with Gasteiger partial charge in [-0.25, -0.2) is 13.2 Å². The van der Waals surface area contributed by atoms with Gasteiger partial charge in [0, 0.05) is 11.4 Å². The molecule has 0 aliphatic heterocycles. The molecule has 9 nitrogen and oxygen atoms in total. The molecule has 0 aliphatic carbocycles. The highest BCUT2D eigenvalue weighted by Gasteiger charge is 2.16. The molecule has 1 amide bonds. The molecular weight excluding hydrogens is 460 g/mol. The summed E-state index contributed by atoms with van der Waals surface area (Å²) in [6.45, 7) is 1.40. The first kappa shape index (κ1) is 24.6. The Hall–Kier alpha value is -4.05. The zero-order valence-electron chi connectivity index (χ0n) is 18.8. The van der Waals surface area contributed by atoms with E-state index in [0.29, 0.717) is 34.0 Å². The first-order valence-corrected chi connectivity index (χ1v) is 11.6. The van der Waals surface area contributed by atoms with Gasteiger partial charge in [-0.05, 0) is 79.2 Å². The number of anilines is 2. The average Bonchev–Trinajstić information content (AvgIpc) is 2.83. The van der Waals surface area contributed by atoms with Gasteiger partial charge in [0.25, 0.3) is 15.9 Å². The molecule has 34 heavy (non-hydrogen) atoms. The molecule has 0 bridgehead atoms. The van der Waals surface area contributed by atoms with E-state index in [1.807, 2.05) is 0 Å². The maximum Gasteiger partial charge on any atom is 0.337 e. The highest BCUT2D eigenvalue weighted by atomic mass is 32.2. The van der Waals surface area contributed by atoms with Gasteiger partial charge in [-0.15, -0.1) is 0 Å². The van der Waals surface area contributed by atoms with Crippen molar-refractivity contribution in [3.8, 4) is 11.5 Å². The molecule has 0 heterocycles. The molecule has 10 heteroatoms. The van der Waals surface area contributed by atoms with E-state index in [-0.39, 0.29) is 11.5 Å². The second-order valence-corrected chi connectivity index (χ2v) is 8.85. The highest BCUT2D eigenvalue weighted by molar-refractivity contribution is 7.92. The number of hydrogen-bond acceptors (Lipinski definition) is 7. The van der Waals surface area contributed by atoms with Crippen LogP contribution in [-0.2, 0) is 19.6 Å². The number of carbonyl (C=O) groups excluding carboxylic acids is 2. The van der Waals surface area contributed by atoms with Crippen LogP contribution in [0.15, 0.2) is 71.6 Å². The van der Waals surface area contributed by atoms with Gasteiger partial charge in [-0.2, -0.15) is 0 Å². The van der Waals surface area contributed by atoms with Gasteiger partial charge in [0.1, 0.15) is 11.5 Å². The SMILES string of the molecule is COC(=O)c1ccc(NC(=O)COc2ccc(S(=O)(=O)Nc3ccc(OC)cc3)cc2C)cc1. The molecule has 0 atom stereocenters. The molecule has 0 aliphatic rings. The molecule has 0 aromatic heterocycles. The van der Waals surface area contributed by atoms with Gasteiger partial charge in [-0.3, -0.25) is 9.52 Å². The second-order valence-electron chi connectivity index (χ2n) is 7.17. The maximum atomic E-state index is 12.7. The number of esters is 1. The molecule has 178 valence electrons. The number of methoxy groups -OCH3 is 2. The largest absolute Gasteiger partial charge is 0.497 e. The molecule has 3 rings (SSSR count). The lowest BCUT2D eigenvalue weighted by molar-refractivity contribution is -0.118. The first-order valence-electron chi connectivity index (χ1n) is 10.1. The number of hydrogen-bond donors (Lipinski definition) is 2. The molecule has 0 spiro atoms. The van der Waals surface area contributed by atoms with Crippen LogP contribution in [-0.4, -0.2) is 41.1 Å². The molecule has 0 saturated carbocycles. The summed E-state index contributed by atoms with van der Waals surface area (Å²) >= 11 is 0. The number of nitrogens with one attached hydrogen (secondary N) is 2. The Morgan fingerprint density at radius 2 is 1.53 bits per heavy atom. The Morgan fingerprint density at radius 1 is 0.882 bits per heavy atom. The highest BCUT2D eigenvalue weighted by Crippen LogP contribution is 2.24. The van der Waals surface area contributed by atoms with Crippen LogP contribution in [0.2, 0.25) is 0 Å².